The molecule has 0 unspecified atom stereocenters. The first-order valence-corrected chi connectivity index (χ1v) is 10.6. The minimum absolute atomic E-state index is 0.0309. The zero-order valence-corrected chi connectivity index (χ0v) is 17.7. The second-order valence-corrected chi connectivity index (χ2v) is 8.21. The first-order valence-electron chi connectivity index (χ1n) is 9.16. The van der Waals surface area contributed by atoms with Gasteiger partial charge in [-0.15, -0.1) is 10.2 Å². The van der Waals surface area contributed by atoms with Crippen LogP contribution in [0.5, 0.6) is 5.75 Å². The first-order chi connectivity index (χ1) is 14.7. The Morgan fingerprint density at radius 1 is 1.10 bits per heavy atom. The summed E-state index contributed by atoms with van der Waals surface area (Å²) in [4.78, 5) is 11.8. The number of halogens is 1. The van der Waals surface area contributed by atoms with E-state index in [1.807, 2.05) is 0 Å². The molecule has 0 aliphatic carbocycles. The van der Waals surface area contributed by atoms with E-state index in [4.69, 9.17) is 13.9 Å². The molecular formula is C20H20FN3O6S. The molecule has 164 valence electrons. The molecule has 0 aliphatic rings. The van der Waals surface area contributed by atoms with Crippen LogP contribution < -0.4 is 9.46 Å². The number of sulfonamides is 1. The summed E-state index contributed by atoms with van der Waals surface area (Å²) < 4.78 is 56.4. The number of aromatic nitrogens is 2. The normalized spacial score (nSPS) is 13.4. The maximum Gasteiger partial charge on any atom is 0.324 e. The Morgan fingerprint density at radius 2 is 1.77 bits per heavy atom. The SMILES string of the molecule is COc1ccc(-c2nnc([C@H](C)OC(=O)[C@H](C)NS(=O)(=O)c3ccccc3F)o2)cc1. The molecule has 3 aromatic rings. The predicted octanol–water partition coefficient (Wildman–Crippen LogP) is 2.86. The van der Waals surface area contributed by atoms with Crippen molar-refractivity contribution in [2.24, 2.45) is 0 Å². The third-order valence-corrected chi connectivity index (χ3v) is 5.80. The third kappa shape index (κ3) is 5.25. The molecule has 11 heteroatoms. The third-order valence-electron chi connectivity index (χ3n) is 4.23. The second-order valence-electron chi connectivity index (χ2n) is 6.53. The average Bonchev–Trinajstić information content (AvgIpc) is 3.24. The number of carbonyl (C=O) groups excluding carboxylic acids is 1. The van der Waals surface area contributed by atoms with Crippen LogP contribution in [0.1, 0.15) is 25.8 Å². The van der Waals surface area contributed by atoms with Crippen LogP contribution in [0.15, 0.2) is 57.8 Å². The number of esters is 1. The Kier molecular flexibility index (Phi) is 6.66. The average molecular weight is 449 g/mol. The molecule has 0 spiro atoms. The predicted molar refractivity (Wildman–Crippen MR) is 107 cm³/mol. The van der Waals surface area contributed by atoms with Crippen molar-refractivity contribution in [3.63, 3.8) is 0 Å². The minimum Gasteiger partial charge on any atom is -0.497 e. The molecule has 0 aliphatic heterocycles. The highest BCUT2D eigenvalue weighted by atomic mass is 32.2. The summed E-state index contributed by atoms with van der Waals surface area (Å²) in [5.41, 5.74) is 0.643. The maximum atomic E-state index is 13.8. The van der Waals surface area contributed by atoms with Gasteiger partial charge in [0, 0.05) is 5.56 Å². The van der Waals surface area contributed by atoms with Crippen LogP contribution in [-0.4, -0.2) is 37.7 Å². The summed E-state index contributed by atoms with van der Waals surface area (Å²) in [6.45, 7) is 2.78. The van der Waals surface area contributed by atoms with Gasteiger partial charge in [-0.1, -0.05) is 12.1 Å². The van der Waals surface area contributed by atoms with Gasteiger partial charge < -0.3 is 13.9 Å². The number of methoxy groups -OCH3 is 1. The van der Waals surface area contributed by atoms with Gasteiger partial charge in [0.15, 0.2) is 6.10 Å². The second kappa shape index (κ2) is 9.23. The van der Waals surface area contributed by atoms with Crippen molar-refractivity contribution in [2.75, 3.05) is 7.11 Å². The number of hydrogen-bond donors (Lipinski definition) is 1. The van der Waals surface area contributed by atoms with Crippen molar-refractivity contribution in [3.8, 4) is 17.2 Å². The quantitative estimate of drug-likeness (QED) is 0.521. The number of hydrogen-bond acceptors (Lipinski definition) is 8. The number of benzene rings is 2. The number of nitrogens with one attached hydrogen (secondary N) is 1. The zero-order valence-electron chi connectivity index (χ0n) is 16.9. The lowest BCUT2D eigenvalue weighted by molar-refractivity contribution is -0.151. The fraction of sp³-hybridized carbons (Fsp3) is 0.250. The summed E-state index contributed by atoms with van der Waals surface area (Å²) in [6.07, 6.45) is -0.938. The largest absolute Gasteiger partial charge is 0.497 e. The van der Waals surface area contributed by atoms with Crippen molar-refractivity contribution < 1.29 is 31.5 Å². The summed E-state index contributed by atoms with van der Waals surface area (Å²) in [7, 11) is -2.71. The molecule has 0 saturated carbocycles. The molecule has 2 aromatic carbocycles. The maximum absolute atomic E-state index is 13.8. The van der Waals surface area contributed by atoms with E-state index in [1.165, 1.54) is 26.0 Å². The summed E-state index contributed by atoms with van der Waals surface area (Å²) in [5, 5.41) is 7.79. The van der Waals surface area contributed by atoms with Crippen LogP contribution in [-0.2, 0) is 19.6 Å². The fourth-order valence-electron chi connectivity index (χ4n) is 2.58. The van der Waals surface area contributed by atoms with Gasteiger partial charge >= 0.3 is 5.97 Å². The Labute approximate surface area is 178 Å². The number of ether oxygens (including phenoxy) is 2. The van der Waals surface area contributed by atoms with Gasteiger partial charge in [-0.2, -0.15) is 4.72 Å². The summed E-state index contributed by atoms with van der Waals surface area (Å²) in [6, 6.07) is 10.5. The molecule has 2 atom stereocenters. The van der Waals surface area contributed by atoms with E-state index in [1.54, 1.807) is 31.4 Å². The molecule has 0 saturated heterocycles. The molecule has 0 amide bonds. The summed E-state index contributed by atoms with van der Waals surface area (Å²) in [5.74, 6) is -0.910. The van der Waals surface area contributed by atoms with Crippen LogP contribution in [0.3, 0.4) is 0 Å². The first kappa shape index (κ1) is 22.4. The molecule has 0 radical (unpaired) electrons. The van der Waals surface area contributed by atoms with Crippen LogP contribution in [0.25, 0.3) is 11.5 Å². The van der Waals surface area contributed by atoms with Crippen LogP contribution in [0.4, 0.5) is 4.39 Å². The monoisotopic (exact) mass is 449 g/mol. The van der Waals surface area contributed by atoms with E-state index in [2.05, 4.69) is 14.9 Å². The van der Waals surface area contributed by atoms with Crippen molar-refractivity contribution in [3.05, 3.63) is 60.2 Å². The van der Waals surface area contributed by atoms with Crippen molar-refractivity contribution >= 4 is 16.0 Å². The van der Waals surface area contributed by atoms with Gasteiger partial charge in [0.2, 0.25) is 15.9 Å². The standard InChI is InChI=1S/C20H20FN3O6S/c1-12(24-31(26,27)17-7-5-4-6-16(17)21)20(25)29-13(2)18-22-23-19(30-18)14-8-10-15(28-3)11-9-14/h4-13,24H,1-3H3/t12-,13-/m0/s1. The van der Waals surface area contributed by atoms with Gasteiger partial charge in [0.05, 0.1) is 7.11 Å². The molecule has 1 heterocycles. The van der Waals surface area contributed by atoms with Gasteiger partial charge in [-0.3, -0.25) is 4.79 Å². The van der Waals surface area contributed by atoms with Gasteiger partial charge in [0.1, 0.15) is 22.5 Å². The number of rotatable bonds is 8. The highest BCUT2D eigenvalue weighted by Gasteiger charge is 2.28. The molecular weight excluding hydrogens is 429 g/mol. The molecule has 1 N–H and O–H groups in total. The van der Waals surface area contributed by atoms with E-state index < -0.39 is 38.9 Å². The highest BCUT2D eigenvalue weighted by molar-refractivity contribution is 7.89. The fourth-order valence-corrected chi connectivity index (χ4v) is 3.85. The molecule has 3 rings (SSSR count). The highest BCUT2D eigenvalue weighted by Crippen LogP contribution is 2.24. The van der Waals surface area contributed by atoms with Crippen LogP contribution in [0, 0.1) is 5.82 Å². The lowest BCUT2D eigenvalue weighted by atomic mass is 10.2. The van der Waals surface area contributed by atoms with Gasteiger partial charge in [0.25, 0.3) is 5.89 Å². The van der Waals surface area contributed by atoms with Gasteiger partial charge in [-0.05, 0) is 50.2 Å². The zero-order chi connectivity index (χ0) is 22.6. The molecule has 1 aromatic heterocycles. The van der Waals surface area contributed by atoms with E-state index in [0.29, 0.717) is 11.3 Å². The molecule has 31 heavy (non-hydrogen) atoms. The topological polar surface area (TPSA) is 121 Å². The molecule has 0 fully saturated rings. The Morgan fingerprint density at radius 3 is 2.42 bits per heavy atom. The lowest BCUT2D eigenvalue weighted by Crippen LogP contribution is -2.40. The van der Waals surface area contributed by atoms with Gasteiger partial charge in [-0.25, -0.2) is 12.8 Å². The van der Waals surface area contributed by atoms with E-state index >= 15 is 0 Å². The number of nitrogens with zero attached hydrogens (tertiary/aromatic N) is 2. The molecule has 0 bridgehead atoms. The van der Waals surface area contributed by atoms with E-state index in [9.17, 15) is 17.6 Å². The van der Waals surface area contributed by atoms with E-state index in [0.717, 1.165) is 12.1 Å². The van der Waals surface area contributed by atoms with Crippen LogP contribution in [0.2, 0.25) is 0 Å². The molecule has 9 nitrogen and oxygen atoms in total. The lowest BCUT2D eigenvalue weighted by Gasteiger charge is -2.16. The number of carbonyl (C=O) groups is 1. The Hall–Kier alpha value is -3.31. The van der Waals surface area contributed by atoms with Crippen molar-refractivity contribution in [1.82, 2.24) is 14.9 Å². The summed E-state index contributed by atoms with van der Waals surface area (Å²) >= 11 is 0. The Balaban J connectivity index is 1.65. The van der Waals surface area contributed by atoms with Crippen LogP contribution >= 0.6 is 0 Å². The smallest absolute Gasteiger partial charge is 0.324 e. The Bertz CT molecular complexity index is 1160. The van der Waals surface area contributed by atoms with Crippen molar-refractivity contribution in [1.29, 1.82) is 0 Å². The van der Waals surface area contributed by atoms with E-state index in [-0.39, 0.29) is 11.8 Å². The minimum atomic E-state index is -4.26. The van der Waals surface area contributed by atoms with Crippen molar-refractivity contribution in [2.45, 2.75) is 30.9 Å².